The number of nitrogens with zero attached hydrogens (tertiary/aromatic N) is 1. The largest absolute Gasteiger partial charge is 0.350 e. The molecule has 1 aliphatic rings. The lowest BCUT2D eigenvalue weighted by Gasteiger charge is -2.07. The summed E-state index contributed by atoms with van der Waals surface area (Å²) in [6.07, 6.45) is 3.62. The number of hydrogen-bond acceptors (Lipinski definition) is 2. The fraction of sp³-hybridized carbons (Fsp3) is 0.357. The summed E-state index contributed by atoms with van der Waals surface area (Å²) >= 11 is 0. The minimum absolute atomic E-state index is 0.0146. The van der Waals surface area contributed by atoms with E-state index in [0.717, 1.165) is 13.0 Å². The molecule has 3 rings (SSSR count). The molecule has 1 aromatic heterocycles. The van der Waals surface area contributed by atoms with E-state index in [1.807, 2.05) is 6.07 Å². The van der Waals surface area contributed by atoms with Gasteiger partial charge in [0, 0.05) is 37.1 Å². The van der Waals surface area contributed by atoms with Gasteiger partial charge in [0.25, 0.3) is 0 Å². The van der Waals surface area contributed by atoms with Crippen LogP contribution in [0.15, 0.2) is 30.5 Å². The van der Waals surface area contributed by atoms with Crippen LogP contribution in [0.1, 0.15) is 12.0 Å². The average Bonchev–Trinajstić information content (AvgIpc) is 2.87. The molecule has 1 N–H and O–H groups in total. The highest BCUT2D eigenvalue weighted by Crippen LogP contribution is 2.22. The van der Waals surface area contributed by atoms with Crippen LogP contribution in [0.3, 0.4) is 0 Å². The molecule has 1 aliphatic heterocycles. The number of aromatic nitrogens is 1. The molecule has 3 heteroatoms. The third-order valence-corrected chi connectivity index (χ3v) is 3.55. The van der Waals surface area contributed by atoms with Gasteiger partial charge < -0.3 is 9.88 Å². The van der Waals surface area contributed by atoms with E-state index in [0.29, 0.717) is 12.2 Å². The SMILES string of the molecule is Cn1cc(CC2NCCC2=O)c2ccccc21. The van der Waals surface area contributed by atoms with Crippen LogP contribution >= 0.6 is 0 Å². The summed E-state index contributed by atoms with van der Waals surface area (Å²) in [6, 6.07) is 8.36. The zero-order valence-electron chi connectivity index (χ0n) is 9.94. The molecular formula is C14H16N2O. The number of rotatable bonds is 2. The highest BCUT2D eigenvalue weighted by molar-refractivity contribution is 5.88. The van der Waals surface area contributed by atoms with Gasteiger partial charge in [-0.3, -0.25) is 4.79 Å². The highest BCUT2D eigenvalue weighted by Gasteiger charge is 2.24. The van der Waals surface area contributed by atoms with Crippen LogP contribution in [0.2, 0.25) is 0 Å². The lowest BCUT2D eigenvalue weighted by molar-refractivity contribution is -0.118. The Morgan fingerprint density at radius 1 is 1.41 bits per heavy atom. The van der Waals surface area contributed by atoms with Gasteiger partial charge in [0.05, 0.1) is 6.04 Å². The van der Waals surface area contributed by atoms with Crippen LogP contribution in [0, 0.1) is 0 Å². The minimum Gasteiger partial charge on any atom is -0.350 e. The lowest BCUT2D eigenvalue weighted by atomic mass is 10.0. The molecule has 3 nitrogen and oxygen atoms in total. The predicted molar refractivity (Wildman–Crippen MR) is 68.0 cm³/mol. The van der Waals surface area contributed by atoms with Crippen molar-refractivity contribution in [2.75, 3.05) is 6.54 Å². The third-order valence-electron chi connectivity index (χ3n) is 3.55. The van der Waals surface area contributed by atoms with Crippen molar-refractivity contribution in [1.82, 2.24) is 9.88 Å². The van der Waals surface area contributed by atoms with E-state index in [1.54, 1.807) is 0 Å². The molecule has 1 unspecified atom stereocenters. The Labute approximate surface area is 100 Å². The van der Waals surface area contributed by atoms with Gasteiger partial charge in [0.2, 0.25) is 0 Å². The van der Waals surface area contributed by atoms with Crippen molar-refractivity contribution in [3.8, 4) is 0 Å². The van der Waals surface area contributed by atoms with E-state index < -0.39 is 0 Å². The monoisotopic (exact) mass is 228 g/mol. The minimum atomic E-state index is 0.0146. The van der Waals surface area contributed by atoms with Crippen LogP contribution in [0.5, 0.6) is 0 Å². The number of para-hydroxylation sites is 1. The van der Waals surface area contributed by atoms with Crippen LogP contribution in [0.25, 0.3) is 10.9 Å². The second-order valence-corrected chi connectivity index (χ2v) is 4.71. The first-order chi connectivity index (χ1) is 8.25. The van der Waals surface area contributed by atoms with Crippen LogP contribution in [-0.2, 0) is 18.3 Å². The zero-order valence-corrected chi connectivity index (χ0v) is 9.94. The normalized spacial score (nSPS) is 20.3. The van der Waals surface area contributed by atoms with Gasteiger partial charge >= 0.3 is 0 Å². The van der Waals surface area contributed by atoms with Gasteiger partial charge in [0.1, 0.15) is 0 Å². The van der Waals surface area contributed by atoms with E-state index in [4.69, 9.17) is 0 Å². The molecule has 2 aromatic rings. The zero-order chi connectivity index (χ0) is 11.8. The molecule has 1 aromatic carbocycles. The smallest absolute Gasteiger partial charge is 0.151 e. The van der Waals surface area contributed by atoms with E-state index in [2.05, 4.69) is 41.3 Å². The number of nitrogens with one attached hydrogen (secondary N) is 1. The first-order valence-electron chi connectivity index (χ1n) is 6.05. The number of carbonyl (C=O) groups excluding carboxylic acids is 1. The van der Waals surface area contributed by atoms with Crippen molar-refractivity contribution >= 4 is 16.7 Å². The second kappa shape index (κ2) is 4.00. The highest BCUT2D eigenvalue weighted by atomic mass is 16.1. The molecule has 0 spiro atoms. The van der Waals surface area contributed by atoms with Gasteiger partial charge in [-0.15, -0.1) is 0 Å². The number of ketones is 1. The topological polar surface area (TPSA) is 34.0 Å². The quantitative estimate of drug-likeness (QED) is 0.848. The summed E-state index contributed by atoms with van der Waals surface area (Å²) in [7, 11) is 2.05. The number of aryl methyl sites for hydroxylation is 1. The maximum atomic E-state index is 11.7. The Morgan fingerprint density at radius 3 is 3.00 bits per heavy atom. The van der Waals surface area contributed by atoms with E-state index >= 15 is 0 Å². The lowest BCUT2D eigenvalue weighted by Crippen LogP contribution is -2.29. The molecule has 1 saturated heterocycles. The summed E-state index contributed by atoms with van der Waals surface area (Å²) in [6.45, 7) is 0.828. The fourth-order valence-electron chi connectivity index (χ4n) is 2.65. The molecule has 1 fully saturated rings. The maximum absolute atomic E-state index is 11.7. The number of fused-ring (bicyclic) bond motifs is 1. The van der Waals surface area contributed by atoms with Crippen molar-refractivity contribution in [2.45, 2.75) is 18.9 Å². The predicted octanol–water partition coefficient (Wildman–Crippen LogP) is 1.65. The number of hydrogen-bond donors (Lipinski definition) is 1. The molecule has 0 radical (unpaired) electrons. The molecule has 0 saturated carbocycles. The van der Waals surface area contributed by atoms with Crippen LogP contribution in [0.4, 0.5) is 0 Å². The molecule has 1 atom stereocenters. The summed E-state index contributed by atoms with van der Waals surface area (Å²) in [4.78, 5) is 11.7. The Hall–Kier alpha value is -1.61. The summed E-state index contributed by atoms with van der Waals surface area (Å²) in [5.74, 6) is 0.345. The molecule has 17 heavy (non-hydrogen) atoms. The number of benzene rings is 1. The van der Waals surface area contributed by atoms with Gasteiger partial charge in [0.15, 0.2) is 5.78 Å². The average molecular weight is 228 g/mol. The maximum Gasteiger partial charge on any atom is 0.151 e. The summed E-state index contributed by atoms with van der Waals surface area (Å²) < 4.78 is 2.13. The Bertz CT molecular complexity index is 571. The first-order valence-corrected chi connectivity index (χ1v) is 6.05. The van der Waals surface area contributed by atoms with Gasteiger partial charge in [-0.05, 0) is 18.1 Å². The van der Waals surface area contributed by atoms with Gasteiger partial charge in [-0.1, -0.05) is 18.2 Å². The van der Waals surface area contributed by atoms with E-state index in [1.165, 1.54) is 16.5 Å². The van der Waals surface area contributed by atoms with Crippen LogP contribution < -0.4 is 5.32 Å². The fourth-order valence-corrected chi connectivity index (χ4v) is 2.65. The van der Waals surface area contributed by atoms with Crippen molar-refractivity contribution in [3.05, 3.63) is 36.0 Å². The van der Waals surface area contributed by atoms with Gasteiger partial charge in [-0.2, -0.15) is 0 Å². The van der Waals surface area contributed by atoms with Crippen LogP contribution in [-0.4, -0.2) is 22.9 Å². The molecule has 2 heterocycles. The van der Waals surface area contributed by atoms with E-state index in [-0.39, 0.29) is 6.04 Å². The summed E-state index contributed by atoms with van der Waals surface area (Å²) in [5.41, 5.74) is 2.49. The molecule has 0 amide bonds. The second-order valence-electron chi connectivity index (χ2n) is 4.71. The first kappa shape index (κ1) is 10.5. The Kier molecular flexibility index (Phi) is 2.48. The molecule has 88 valence electrons. The Balaban J connectivity index is 1.97. The van der Waals surface area contributed by atoms with Gasteiger partial charge in [-0.25, -0.2) is 0 Å². The third kappa shape index (κ3) is 1.76. The van der Waals surface area contributed by atoms with Crippen molar-refractivity contribution in [2.24, 2.45) is 7.05 Å². The molecule has 0 bridgehead atoms. The van der Waals surface area contributed by atoms with Crippen molar-refractivity contribution < 1.29 is 4.79 Å². The molecule has 0 aliphatic carbocycles. The van der Waals surface area contributed by atoms with Crippen molar-refractivity contribution in [3.63, 3.8) is 0 Å². The van der Waals surface area contributed by atoms with E-state index in [9.17, 15) is 4.79 Å². The summed E-state index contributed by atoms with van der Waals surface area (Å²) in [5, 5.41) is 4.53. The number of Topliss-reactive ketones (excluding diaryl/α,β-unsaturated/α-hetero) is 1. The number of carbonyl (C=O) groups is 1. The molecular weight excluding hydrogens is 212 g/mol. The van der Waals surface area contributed by atoms with Crippen molar-refractivity contribution in [1.29, 1.82) is 0 Å². The standard InChI is InChI=1S/C14H16N2O/c1-16-9-10(8-12-14(17)6-7-15-12)11-4-2-3-5-13(11)16/h2-5,9,12,15H,6-8H2,1H3. The Morgan fingerprint density at radius 2 is 2.24 bits per heavy atom.